The summed E-state index contributed by atoms with van der Waals surface area (Å²) >= 11 is 0. The normalized spacial score (nSPS) is 10.8. The molecule has 0 atom stereocenters. The van der Waals surface area contributed by atoms with Gasteiger partial charge in [0.2, 0.25) is 0 Å². The number of benzene rings is 1. The van der Waals surface area contributed by atoms with Crippen molar-refractivity contribution >= 4 is 17.3 Å². The molecule has 0 saturated heterocycles. The number of hydrogen-bond donors (Lipinski definition) is 2. The fourth-order valence-corrected chi connectivity index (χ4v) is 1.98. The Hall–Kier alpha value is -2.47. The number of anilines is 2. The second-order valence-electron chi connectivity index (χ2n) is 4.24. The van der Waals surface area contributed by atoms with E-state index in [1.807, 2.05) is 37.3 Å². The lowest BCUT2D eigenvalue weighted by molar-refractivity contribution is 0.935. The van der Waals surface area contributed by atoms with Crippen LogP contribution in [0.5, 0.6) is 0 Å². The summed E-state index contributed by atoms with van der Waals surface area (Å²) in [5, 5.41) is 7.49. The van der Waals surface area contributed by atoms with Gasteiger partial charge in [0.1, 0.15) is 12.1 Å². The maximum atomic E-state index is 5.74. The molecule has 0 aliphatic rings. The topological polar surface area (TPSA) is 81.1 Å². The fourth-order valence-electron chi connectivity index (χ4n) is 1.98. The Balaban J connectivity index is 2.07. The van der Waals surface area contributed by atoms with E-state index in [0.29, 0.717) is 12.3 Å². The van der Waals surface area contributed by atoms with Crippen molar-refractivity contribution < 1.29 is 0 Å². The summed E-state index contributed by atoms with van der Waals surface area (Å²) in [7, 11) is 0. The molecule has 3 aromatic rings. The largest absolute Gasteiger partial charge is 0.340 e. The summed E-state index contributed by atoms with van der Waals surface area (Å²) in [4.78, 5) is 8.41. The van der Waals surface area contributed by atoms with Crippen LogP contribution in [0, 0.1) is 6.92 Å². The minimum absolute atomic E-state index is 0.480. The van der Waals surface area contributed by atoms with Gasteiger partial charge >= 0.3 is 0 Å². The molecule has 3 N–H and O–H groups in total. The van der Waals surface area contributed by atoms with Gasteiger partial charge in [0.05, 0.1) is 0 Å². The summed E-state index contributed by atoms with van der Waals surface area (Å²) in [6.07, 6.45) is 1.49. The Morgan fingerprint density at radius 1 is 1.32 bits per heavy atom. The molecule has 2 aromatic heterocycles. The first-order chi connectivity index (χ1) is 9.28. The number of hydrogen-bond acceptors (Lipinski definition) is 5. The molecule has 0 bridgehead atoms. The van der Waals surface area contributed by atoms with Crippen molar-refractivity contribution in [3.63, 3.8) is 0 Å². The number of aryl methyl sites for hydroxylation is 1. The van der Waals surface area contributed by atoms with E-state index >= 15 is 0 Å². The van der Waals surface area contributed by atoms with E-state index in [1.54, 1.807) is 4.52 Å². The van der Waals surface area contributed by atoms with Crippen LogP contribution in [0.2, 0.25) is 0 Å². The van der Waals surface area contributed by atoms with E-state index in [-0.39, 0.29) is 0 Å². The van der Waals surface area contributed by atoms with Gasteiger partial charge in [0.25, 0.3) is 5.78 Å². The summed E-state index contributed by atoms with van der Waals surface area (Å²) in [5.41, 5.74) is 8.63. The Bertz CT molecular complexity index is 718. The van der Waals surface area contributed by atoms with E-state index < -0.39 is 0 Å². The molecule has 3 rings (SSSR count). The molecule has 1 aromatic carbocycles. The maximum absolute atomic E-state index is 5.74. The highest BCUT2D eigenvalue weighted by Gasteiger charge is 2.07. The van der Waals surface area contributed by atoms with E-state index in [0.717, 1.165) is 22.8 Å². The quantitative estimate of drug-likeness (QED) is 0.742. The smallest absolute Gasteiger partial charge is 0.254 e. The van der Waals surface area contributed by atoms with Crippen molar-refractivity contribution in [1.29, 1.82) is 0 Å². The van der Waals surface area contributed by atoms with E-state index in [4.69, 9.17) is 5.73 Å². The zero-order valence-corrected chi connectivity index (χ0v) is 10.5. The van der Waals surface area contributed by atoms with Gasteiger partial charge in [-0.15, -0.1) is 0 Å². The third kappa shape index (κ3) is 2.13. The Morgan fingerprint density at radius 2 is 2.16 bits per heavy atom. The lowest BCUT2D eigenvalue weighted by atomic mass is 10.2. The van der Waals surface area contributed by atoms with Crippen molar-refractivity contribution in [3.05, 3.63) is 47.9 Å². The van der Waals surface area contributed by atoms with E-state index in [9.17, 15) is 0 Å². The van der Waals surface area contributed by atoms with E-state index in [1.165, 1.54) is 6.33 Å². The molecular weight excluding hydrogens is 240 g/mol. The average Bonchev–Trinajstić information content (AvgIpc) is 2.87. The highest BCUT2D eigenvalue weighted by molar-refractivity contribution is 5.62. The van der Waals surface area contributed by atoms with Crippen LogP contribution in [0.4, 0.5) is 11.5 Å². The first kappa shape index (κ1) is 11.6. The van der Waals surface area contributed by atoms with Crippen molar-refractivity contribution in [2.45, 2.75) is 13.5 Å². The van der Waals surface area contributed by atoms with Crippen molar-refractivity contribution in [1.82, 2.24) is 19.6 Å². The van der Waals surface area contributed by atoms with Crippen LogP contribution in [0.15, 0.2) is 36.7 Å². The standard InChI is InChI=1S/C13H14N6/c1-9-6-12(19-13(17-9)15-8-16-19)18-11-5-3-2-4-10(11)7-14/h2-6,8,18H,7,14H2,1H3. The number of fused-ring (bicyclic) bond motifs is 1. The molecule has 0 radical (unpaired) electrons. The second-order valence-corrected chi connectivity index (χ2v) is 4.24. The van der Waals surface area contributed by atoms with Gasteiger partial charge in [-0.2, -0.15) is 14.6 Å². The number of nitrogens with two attached hydrogens (primary N) is 1. The van der Waals surface area contributed by atoms with Gasteiger partial charge in [0.15, 0.2) is 0 Å². The first-order valence-electron chi connectivity index (χ1n) is 6.00. The van der Waals surface area contributed by atoms with Crippen molar-refractivity contribution in [2.75, 3.05) is 5.32 Å². The minimum Gasteiger partial charge on any atom is -0.340 e. The van der Waals surface area contributed by atoms with Gasteiger partial charge in [-0.05, 0) is 18.6 Å². The second kappa shape index (κ2) is 4.66. The molecule has 6 heteroatoms. The van der Waals surface area contributed by atoms with Crippen molar-refractivity contribution in [2.24, 2.45) is 5.73 Å². The molecular formula is C13H14N6. The molecule has 0 unspecified atom stereocenters. The van der Waals surface area contributed by atoms with Crippen LogP contribution in [-0.4, -0.2) is 19.6 Å². The third-order valence-electron chi connectivity index (χ3n) is 2.88. The molecule has 96 valence electrons. The van der Waals surface area contributed by atoms with Gasteiger partial charge in [-0.3, -0.25) is 0 Å². The summed E-state index contributed by atoms with van der Waals surface area (Å²) in [6, 6.07) is 9.84. The highest BCUT2D eigenvalue weighted by atomic mass is 15.3. The van der Waals surface area contributed by atoms with E-state index in [2.05, 4.69) is 20.4 Å². The number of nitrogens with zero attached hydrogens (tertiary/aromatic N) is 4. The Morgan fingerprint density at radius 3 is 3.00 bits per heavy atom. The Labute approximate surface area is 110 Å². The zero-order valence-electron chi connectivity index (χ0n) is 10.5. The number of rotatable bonds is 3. The van der Waals surface area contributed by atoms with Crippen LogP contribution in [0.1, 0.15) is 11.3 Å². The Kier molecular flexibility index (Phi) is 2.85. The van der Waals surface area contributed by atoms with Crippen LogP contribution in [0.25, 0.3) is 5.78 Å². The minimum atomic E-state index is 0.480. The third-order valence-corrected chi connectivity index (χ3v) is 2.88. The van der Waals surface area contributed by atoms with Crippen LogP contribution in [-0.2, 0) is 6.54 Å². The number of nitrogens with one attached hydrogen (secondary N) is 1. The predicted molar refractivity (Wildman–Crippen MR) is 73.1 cm³/mol. The van der Waals surface area contributed by atoms with Gasteiger partial charge in [0, 0.05) is 24.0 Å². The number of aromatic nitrogens is 4. The molecule has 0 spiro atoms. The molecule has 2 heterocycles. The van der Waals surface area contributed by atoms with Crippen LogP contribution >= 0.6 is 0 Å². The average molecular weight is 254 g/mol. The summed E-state index contributed by atoms with van der Waals surface area (Å²) in [6.45, 7) is 2.41. The molecule has 6 nitrogen and oxygen atoms in total. The molecule has 0 aliphatic heterocycles. The summed E-state index contributed by atoms with van der Waals surface area (Å²) < 4.78 is 1.67. The summed E-state index contributed by atoms with van der Waals surface area (Å²) in [5.74, 6) is 1.40. The maximum Gasteiger partial charge on any atom is 0.254 e. The molecule has 0 saturated carbocycles. The lowest BCUT2D eigenvalue weighted by Crippen LogP contribution is -2.06. The zero-order chi connectivity index (χ0) is 13.2. The predicted octanol–water partition coefficient (Wildman–Crippen LogP) is 1.64. The monoisotopic (exact) mass is 254 g/mol. The molecule has 0 fully saturated rings. The molecule has 19 heavy (non-hydrogen) atoms. The molecule has 0 aliphatic carbocycles. The van der Waals surface area contributed by atoms with Gasteiger partial charge in [-0.25, -0.2) is 4.98 Å². The number of para-hydroxylation sites is 1. The van der Waals surface area contributed by atoms with Crippen LogP contribution < -0.4 is 11.1 Å². The molecule has 0 amide bonds. The first-order valence-corrected chi connectivity index (χ1v) is 6.00. The lowest BCUT2D eigenvalue weighted by Gasteiger charge is -2.11. The van der Waals surface area contributed by atoms with Crippen LogP contribution in [0.3, 0.4) is 0 Å². The van der Waals surface area contributed by atoms with Crippen molar-refractivity contribution in [3.8, 4) is 0 Å². The van der Waals surface area contributed by atoms with Gasteiger partial charge < -0.3 is 11.1 Å². The highest BCUT2D eigenvalue weighted by Crippen LogP contribution is 2.20. The SMILES string of the molecule is Cc1cc(Nc2ccccc2CN)n2ncnc2n1. The fraction of sp³-hybridized carbons (Fsp3) is 0.154. The van der Waals surface area contributed by atoms with Gasteiger partial charge in [-0.1, -0.05) is 18.2 Å².